The quantitative estimate of drug-likeness (QED) is 0.853. The maximum Gasteiger partial charge on any atom is 0.231 e. The van der Waals surface area contributed by atoms with Crippen molar-refractivity contribution in [1.29, 1.82) is 5.26 Å². The predicted octanol–water partition coefficient (Wildman–Crippen LogP) is 2.61. The number of halogens is 1. The maximum atomic E-state index is 11.8. The number of amides is 2. The first-order valence-corrected chi connectivity index (χ1v) is 6.80. The Bertz CT molecular complexity index is 790. The summed E-state index contributed by atoms with van der Waals surface area (Å²) in [6.07, 6.45) is 1.30. The van der Waals surface area contributed by atoms with Gasteiger partial charge in [-0.2, -0.15) is 10.4 Å². The first-order chi connectivity index (χ1) is 10.4. The minimum absolute atomic E-state index is 0.0910. The molecule has 22 heavy (non-hydrogen) atoms. The van der Waals surface area contributed by atoms with Crippen LogP contribution in [0.1, 0.15) is 25.0 Å². The molecule has 7 heteroatoms. The summed E-state index contributed by atoms with van der Waals surface area (Å²) < 4.78 is 1.32. The normalized spacial score (nSPS) is 10.1. The van der Waals surface area contributed by atoms with E-state index in [-0.39, 0.29) is 11.4 Å². The first-order valence-electron chi connectivity index (χ1n) is 6.42. The van der Waals surface area contributed by atoms with Crippen LogP contribution in [-0.2, 0) is 9.59 Å². The molecule has 0 saturated heterocycles. The minimum atomic E-state index is -0.506. The molecule has 0 bridgehead atoms. The van der Waals surface area contributed by atoms with Crippen molar-refractivity contribution in [3.63, 3.8) is 0 Å². The predicted molar refractivity (Wildman–Crippen MR) is 81.9 cm³/mol. The summed E-state index contributed by atoms with van der Waals surface area (Å²) in [5, 5.41) is 13.7. The second-order valence-corrected chi connectivity index (χ2v) is 5.14. The second-order valence-electron chi connectivity index (χ2n) is 4.73. The molecular formula is C15H13ClN4O2. The molecule has 0 N–H and O–H groups in total. The van der Waals surface area contributed by atoms with Gasteiger partial charge in [-0.1, -0.05) is 17.7 Å². The van der Waals surface area contributed by atoms with Crippen LogP contribution in [0.15, 0.2) is 24.4 Å². The van der Waals surface area contributed by atoms with Gasteiger partial charge in [0.25, 0.3) is 0 Å². The number of carbonyl (C=O) groups is 2. The van der Waals surface area contributed by atoms with Crippen LogP contribution >= 0.6 is 11.6 Å². The molecule has 0 atom stereocenters. The lowest BCUT2D eigenvalue weighted by Crippen LogP contribution is -2.35. The Kier molecular flexibility index (Phi) is 4.29. The lowest BCUT2D eigenvalue weighted by Gasteiger charge is -2.19. The van der Waals surface area contributed by atoms with Gasteiger partial charge in [0.2, 0.25) is 11.8 Å². The molecule has 1 aromatic carbocycles. The number of nitrogens with zero attached hydrogens (tertiary/aromatic N) is 4. The van der Waals surface area contributed by atoms with Crippen LogP contribution in [0.3, 0.4) is 0 Å². The van der Waals surface area contributed by atoms with Crippen LogP contribution in [-0.4, -0.2) is 21.6 Å². The van der Waals surface area contributed by atoms with Crippen molar-refractivity contribution in [2.45, 2.75) is 20.8 Å². The Morgan fingerprint density at radius 1 is 1.32 bits per heavy atom. The van der Waals surface area contributed by atoms with Gasteiger partial charge in [0.1, 0.15) is 11.6 Å². The number of benzene rings is 1. The first kappa shape index (κ1) is 15.7. The van der Waals surface area contributed by atoms with Gasteiger partial charge in [0.05, 0.1) is 16.9 Å². The van der Waals surface area contributed by atoms with E-state index in [1.54, 1.807) is 12.1 Å². The van der Waals surface area contributed by atoms with Crippen molar-refractivity contribution >= 4 is 29.2 Å². The average molecular weight is 317 g/mol. The van der Waals surface area contributed by atoms with Gasteiger partial charge in [-0.25, -0.2) is 9.58 Å². The fraction of sp³-hybridized carbons (Fsp3) is 0.200. The summed E-state index contributed by atoms with van der Waals surface area (Å²) in [7, 11) is 0. The molecule has 2 rings (SSSR count). The number of anilines is 1. The van der Waals surface area contributed by atoms with Crippen LogP contribution < -0.4 is 4.90 Å². The van der Waals surface area contributed by atoms with E-state index in [9.17, 15) is 14.9 Å². The number of imide groups is 1. The van der Waals surface area contributed by atoms with Gasteiger partial charge < -0.3 is 0 Å². The molecule has 6 nitrogen and oxygen atoms in total. The van der Waals surface area contributed by atoms with Crippen molar-refractivity contribution in [2.75, 3.05) is 4.90 Å². The zero-order valence-corrected chi connectivity index (χ0v) is 13.0. The molecule has 0 aliphatic rings. The van der Waals surface area contributed by atoms with E-state index in [1.807, 2.05) is 19.1 Å². The Morgan fingerprint density at radius 3 is 2.45 bits per heavy atom. The molecule has 0 unspecified atom stereocenters. The van der Waals surface area contributed by atoms with Crippen LogP contribution in [0.4, 0.5) is 5.82 Å². The summed E-state index contributed by atoms with van der Waals surface area (Å²) in [4.78, 5) is 24.5. The number of aromatic nitrogens is 2. The molecule has 1 heterocycles. The zero-order chi connectivity index (χ0) is 16.4. The van der Waals surface area contributed by atoms with Crippen molar-refractivity contribution in [1.82, 2.24) is 9.78 Å². The molecule has 0 saturated carbocycles. The Morgan fingerprint density at radius 2 is 1.95 bits per heavy atom. The van der Waals surface area contributed by atoms with Gasteiger partial charge in [-0.15, -0.1) is 0 Å². The molecule has 2 aromatic rings. The molecular weight excluding hydrogens is 304 g/mol. The highest BCUT2D eigenvalue weighted by Gasteiger charge is 2.26. The van der Waals surface area contributed by atoms with E-state index in [1.165, 1.54) is 24.7 Å². The number of rotatable bonds is 2. The van der Waals surface area contributed by atoms with E-state index in [0.29, 0.717) is 10.7 Å². The highest BCUT2D eigenvalue weighted by atomic mass is 35.5. The average Bonchev–Trinajstić information content (AvgIpc) is 2.81. The van der Waals surface area contributed by atoms with Gasteiger partial charge >= 0.3 is 0 Å². The maximum absolute atomic E-state index is 11.8. The zero-order valence-electron chi connectivity index (χ0n) is 12.3. The molecule has 0 fully saturated rings. The van der Waals surface area contributed by atoms with E-state index < -0.39 is 11.8 Å². The molecule has 2 amide bonds. The molecule has 0 radical (unpaired) electrons. The fourth-order valence-electron chi connectivity index (χ4n) is 2.12. The van der Waals surface area contributed by atoms with Crippen molar-refractivity contribution in [3.8, 4) is 11.8 Å². The van der Waals surface area contributed by atoms with E-state index in [4.69, 9.17) is 11.6 Å². The van der Waals surface area contributed by atoms with Gasteiger partial charge in [0, 0.05) is 13.8 Å². The number of aryl methyl sites for hydroxylation is 1. The van der Waals surface area contributed by atoms with Crippen molar-refractivity contribution in [2.24, 2.45) is 0 Å². The molecule has 0 spiro atoms. The summed E-state index contributed by atoms with van der Waals surface area (Å²) >= 11 is 6.22. The Hall–Kier alpha value is -2.65. The lowest BCUT2D eigenvalue weighted by atomic mass is 10.2. The molecule has 112 valence electrons. The van der Waals surface area contributed by atoms with E-state index in [0.717, 1.165) is 10.5 Å². The summed E-state index contributed by atoms with van der Waals surface area (Å²) in [6.45, 7) is 4.38. The molecule has 1 aromatic heterocycles. The summed E-state index contributed by atoms with van der Waals surface area (Å²) in [5.41, 5.74) is 1.55. The van der Waals surface area contributed by atoms with Crippen LogP contribution in [0, 0.1) is 18.3 Å². The fourth-order valence-corrected chi connectivity index (χ4v) is 2.43. The highest BCUT2D eigenvalue weighted by Crippen LogP contribution is 2.29. The second kappa shape index (κ2) is 6.00. The van der Waals surface area contributed by atoms with Gasteiger partial charge in [-0.05, 0) is 24.6 Å². The third kappa shape index (κ3) is 2.71. The van der Waals surface area contributed by atoms with Crippen LogP contribution in [0.2, 0.25) is 5.02 Å². The van der Waals surface area contributed by atoms with Crippen molar-refractivity contribution in [3.05, 3.63) is 40.5 Å². The smallest absolute Gasteiger partial charge is 0.231 e. The van der Waals surface area contributed by atoms with Gasteiger partial charge in [0.15, 0.2) is 5.82 Å². The number of carbonyl (C=O) groups excluding carboxylic acids is 2. The van der Waals surface area contributed by atoms with Gasteiger partial charge in [-0.3, -0.25) is 9.59 Å². The summed E-state index contributed by atoms with van der Waals surface area (Å²) in [6, 6.07) is 7.21. The van der Waals surface area contributed by atoms with Crippen molar-refractivity contribution < 1.29 is 9.59 Å². The molecule has 0 aliphatic heterocycles. The molecule has 0 aliphatic carbocycles. The highest BCUT2D eigenvalue weighted by molar-refractivity contribution is 6.32. The van der Waals surface area contributed by atoms with E-state index in [2.05, 4.69) is 5.10 Å². The SMILES string of the molecule is CC(=O)N(C(C)=O)c1c(C#N)cnn1-c1ccc(C)cc1Cl. The topological polar surface area (TPSA) is 79.0 Å². The third-order valence-corrected chi connectivity index (χ3v) is 3.34. The largest absolute Gasteiger partial charge is 0.274 e. The Labute approximate surface area is 132 Å². The van der Waals surface area contributed by atoms with E-state index >= 15 is 0 Å². The Balaban J connectivity index is 2.74. The van der Waals surface area contributed by atoms with Crippen LogP contribution in [0.25, 0.3) is 5.69 Å². The minimum Gasteiger partial charge on any atom is -0.274 e. The summed E-state index contributed by atoms with van der Waals surface area (Å²) in [5.74, 6) is -0.920. The third-order valence-electron chi connectivity index (χ3n) is 3.04. The standard InChI is InChI=1S/C15H13ClN4O2/c1-9-4-5-14(13(16)6-9)20-15(12(7-17)8-18-20)19(10(2)21)11(3)22/h4-6,8H,1-3H3. The number of hydrogen-bond acceptors (Lipinski definition) is 4. The number of hydrogen-bond donors (Lipinski definition) is 0. The lowest BCUT2D eigenvalue weighted by molar-refractivity contribution is -0.124. The number of nitriles is 1. The monoisotopic (exact) mass is 316 g/mol. The van der Waals surface area contributed by atoms with Crippen LogP contribution in [0.5, 0.6) is 0 Å².